The Kier molecular flexibility index (Phi) is 2.82. The van der Waals surface area contributed by atoms with Gasteiger partial charge in [-0.25, -0.2) is 9.18 Å². The minimum absolute atomic E-state index is 0.0771. The van der Waals surface area contributed by atoms with Gasteiger partial charge in [-0.1, -0.05) is 12.1 Å². The van der Waals surface area contributed by atoms with Crippen LogP contribution in [0.25, 0.3) is 11.3 Å². The number of anilines is 1. The van der Waals surface area contributed by atoms with Crippen molar-refractivity contribution in [2.24, 2.45) is 0 Å². The average molecular weight is 235 g/mol. The molecule has 5 heteroatoms. The van der Waals surface area contributed by atoms with Gasteiger partial charge in [-0.2, -0.15) is 0 Å². The van der Waals surface area contributed by atoms with Crippen LogP contribution in [0.5, 0.6) is 0 Å². The van der Waals surface area contributed by atoms with Gasteiger partial charge < -0.3 is 14.9 Å². The molecule has 0 bridgehead atoms. The fourth-order valence-corrected chi connectivity index (χ4v) is 1.44. The van der Waals surface area contributed by atoms with E-state index in [-0.39, 0.29) is 11.4 Å². The molecule has 0 fully saturated rings. The summed E-state index contributed by atoms with van der Waals surface area (Å²) < 4.78 is 22.8. The number of benzene rings is 1. The molecule has 0 aliphatic rings. The van der Waals surface area contributed by atoms with Crippen LogP contribution < -0.4 is 5.73 Å². The molecule has 88 valence electrons. The minimum Gasteiger partial charge on any atom is -0.463 e. The fourth-order valence-electron chi connectivity index (χ4n) is 1.44. The number of furan rings is 1. The molecular weight excluding hydrogens is 225 g/mol. The van der Waals surface area contributed by atoms with Crippen LogP contribution in [-0.2, 0) is 4.74 Å². The monoisotopic (exact) mass is 235 g/mol. The van der Waals surface area contributed by atoms with E-state index in [4.69, 9.17) is 10.2 Å². The molecule has 0 amide bonds. The van der Waals surface area contributed by atoms with E-state index < -0.39 is 11.8 Å². The fraction of sp³-hybridized carbons (Fsp3) is 0.0833. The van der Waals surface area contributed by atoms with Crippen LogP contribution in [-0.4, -0.2) is 13.1 Å². The van der Waals surface area contributed by atoms with E-state index in [0.717, 1.165) is 0 Å². The van der Waals surface area contributed by atoms with Crippen molar-refractivity contribution in [3.63, 3.8) is 0 Å². The quantitative estimate of drug-likeness (QED) is 0.812. The number of carbonyl (C=O) groups excluding carboxylic acids is 1. The number of ether oxygens (including phenoxy) is 1. The van der Waals surface area contributed by atoms with Crippen molar-refractivity contribution in [3.05, 3.63) is 41.9 Å². The Bertz CT molecular complexity index is 563. The molecule has 1 heterocycles. The summed E-state index contributed by atoms with van der Waals surface area (Å²) in [6.45, 7) is 0. The maximum Gasteiger partial charge on any atom is 0.376 e. The zero-order chi connectivity index (χ0) is 12.4. The molecule has 17 heavy (non-hydrogen) atoms. The molecule has 0 atom stereocenters. The van der Waals surface area contributed by atoms with E-state index in [2.05, 4.69) is 4.74 Å². The number of methoxy groups -OCH3 is 1. The Morgan fingerprint density at radius 3 is 2.82 bits per heavy atom. The summed E-state index contributed by atoms with van der Waals surface area (Å²) >= 11 is 0. The molecule has 0 unspecified atom stereocenters. The van der Waals surface area contributed by atoms with Crippen molar-refractivity contribution in [3.8, 4) is 11.3 Å². The smallest absolute Gasteiger partial charge is 0.376 e. The lowest BCUT2D eigenvalue weighted by Crippen LogP contribution is -2.02. The summed E-state index contributed by atoms with van der Waals surface area (Å²) in [7, 11) is 1.23. The highest BCUT2D eigenvalue weighted by atomic mass is 19.1. The molecule has 0 saturated carbocycles. The molecule has 0 radical (unpaired) electrons. The van der Waals surface area contributed by atoms with Crippen LogP contribution in [0.1, 0.15) is 10.6 Å². The largest absolute Gasteiger partial charge is 0.463 e. The van der Waals surface area contributed by atoms with Crippen LogP contribution in [0.15, 0.2) is 34.7 Å². The Labute approximate surface area is 96.8 Å². The summed E-state index contributed by atoms with van der Waals surface area (Å²) in [5.41, 5.74) is 6.27. The van der Waals surface area contributed by atoms with E-state index in [9.17, 15) is 9.18 Å². The Morgan fingerprint density at radius 2 is 2.18 bits per heavy atom. The Hall–Kier alpha value is -2.30. The van der Waals surface area contributed by atoms with E-state index >= 15 is 0 Å². The van der Waals surface area contributed by atoms with E-state index in [1.807, 2.05) is 0 Å². The summed E-state index contributed by atoms with van der Waals surface area (Å²) in [6, 6.07) is 7.26. The van der Waals surface area contributed by atoms with Gasteiger partial charge in [0, 0.05) is 11.6 Å². The van der Waals surface area contributed by atoms with Gasteiger partial charge in [0.1, 0.15) is 11.6 Å². The minimum atomic E-state index is -0.662. The van der Waals surface area contributed by atoms with E-state index in [0.29, 0.717) is 11.3 Å². The van der Waals surface area contributed by atoms with E-state index in [1.54, 1.807) is 12.1 Å². The number of hydrogen-bond donors (Lipinski definition) is 1. The van der Waals surface area contributed by atoms with Gasteiger partial charge in [-0.05, 0) is 12.1 Å². The molecule has 4 nitrogen and oxygen atoms in total. The van der Waals surface area contributed by atoms with Gasteiger partial charge in [-0.3, -0.25) is 0 Å². The lowest BCUT2D eigenvalue weighted by molar-refractivity contribution is 0.0567. The summed E-state index contributed by atoms with van der Waals surface area (Å²) in [5.74, 6) is -0.809. The maximum atomic E-state index is 13.0. The molecule has 2 N–H and O–H groups in total. The third kappa shape index (κ3) is 2.13. The van der Waals surface area contributed by atoms with Crippen molar-refractivity contribution < 1.29 is 18.3 Å². The SMILES string of the molecule is COC(=O)c1oc(-c2cccc(F)c2)cc1N. The average Bonchev–Trinajstić information content (AvgIpc) is 2.70. The maximum absolute atomic E-state index is 13.0. The molecular formula is C12H10FNO3. The molecule has 0 saturated heterocycles. The molecule has 0 aliphatic heterocycles. The van der Waals surface area contributed by atoms with Crippen LogP contribution in [0, 0.1) is 5.82 Å². The zero-order valence-electron chi connectivity index (χ0n) is 9.07. The van der Waals surface area contributed by atoms with Crippen molar-refractivity contribution in [2.45, 2.75) is 0 Å². The van der Waals surface area contributed by atoms with Crippen molar-refractivity contribution in [1.29, 1.82) is 0 Å². The zero-order valence-corrected chi connectivity index (χ0v) is 9.07. The first-order valence-electron chi connectivity index (χ1n) is 4.85. The second-order valence-corrected chi connectivity index (χ2v) is 3.40. The first-order chi connectivity index (χ1) is 8.11. The normalized spacial score (nSPS) is 10.2. The summed E-state index contributed by atoms with van der Waals surface area (Å²) in [5, 5.41) is 0. The van der Waals surface area contributed by atoms with Crippen molar-refractivity contribution in [1.82, 2.24) is 0 Å². The predicted octanol–water partition coefficient (Wildman–Crippen LogP) is 2.45. The Morgan fingerprint density at radius 1 is 1.41 bits per heavy atom. The third-order valence-corrected chi connectivity index (χ3v) is 2.24. The standard InChI is InChI=1S/C12H10FNO3/c1-16-12(15)11-9(14)6-10(17-11)7-3-2-4-8(13)5-7/h2-6H,14H2,1H3. The van der Waals surface area contributed by atoms with Crippen LogP contribution in [0.4, 0.5) is 10.1 Å². The van der Waals surface area contributed by atoms with Crippen LogP contribution >= 0.6 is 0 Å². The number of esters is 1. The number of nitrogen functional groups attached to an aromatic ring is 1. The highest BCUT2D eigenvalue weighted by Gasteiger charge is 2.17. The highest BCUT2D eigenvalue weighted by molar-refractivity contribution is 5.93. The van der Waals surface area contributed by atoms with Gasteiger partial charge in [0.2, 0.25) is 5.76 Å². The third-order valence-electron chi connectivity index (χ3n) is 2.24. The van der Waals surface area contributed by atoms with Crippen molar-refractivity contribution >= 4 is 11.7 Å². The molecule has 0 spiro atoms. The first kappa shape index (κ1) is 11.2. The van der Waals surface area contributed by atoms with Gasteiger partial charge >= 0.3 is 5.97 Å². The van der Waals surface area contributed by atoms with Crippen LogP contribution in [0.3, 0.4) is 0 Å². The second-order valence-electron chi connectivity index (χ2n) is 3.40. The van der Waals surface area contributed by atoms with Crippen LogP contribution in [0.2, 0.25) is 0 Å². The van der Waals surface area contributed by atoms with Gasteiger partial charge in [0.05, 0.1) is 12.8 Å². The summed E-state index contributed by atoms with van der Waals surface area (Å²) in [4.78, 5) is 11.3. The molecule has 0 aliphatic carbocycles. The van der Waals surface area contributed by atoms with Gasteiger partial charge in [-0.15, -0.1) is 0 Å². The Balaban J connectivity index is 2.44. The van der Waals surface area contributed by atoms with Gasteiger partial charge in [0.15, 0.2) is 0 Å². The lowest BCUT2D eigenvalue weighted by atomic mass is 10.2. The number of halogens is 1. The highest BCUT2D eigenvalue weighted by Crippen LogP contribution is 2.28. The number of hydrogen-bond acceptors (Lipinski definition) is 4. The molecule has 2 rings (SSSR count). The van der Waals surface area contributed by atoms with Gasteiger partial charge in [0.25, 0.3) is 0 Å². The molecule has 2 aromatic rings. The number of rotatable bonds is 2. The number of nitrogens with two attached hydrogens (primary N) is 1. The molecule has 1 aromatic carbocycles. The number of carbonyl (C=O) groups is 1. The second kappa shape index (κ2) is 4.29. The topological polar surface area (TPSA) is 65.5 Å². The lowest BCUT2D eigenvalue weighted by Gasteiger charge is -1.97. The van der Waals surface area contributed by atoms with E-state index in [1.165, 1.54) is 25.3 Å². The predicted molar refractivity (Wildman–Crippen MR) is 59.9 cm³/mol. The summed E-state index contributed by atoms with van der Waals surface area (Å²) in [6.07, 6.45) is 0. The van der Waals surface area contributed by atoms with Crippen molar-refractivity contribution in [2.75, 3.05) is 12.8 Å². The first-order valence-corrected chi connectivity index (χ1v) is 4.85. The molecule has 1 aromatic heterocycles.